The molecule has 1 aliphatic rings. The van der Waals surface area contributed by atoms with Crippen LogP contribution in [0.15, 0.2) is 42.5 Å². The monoisotopic (exact) mass is 591 g/mol. The lowest BCUT2D eigenvalue weighted by atomic mass is 9.77. The van der Waals surface area contributed by atoms with Gasteiger partial charge in [0.15, 0.2) is 5.78 Å². The van der Waals surface area contributed by atoms with E-state index in [-0.39, 0.29) is 44.7 Å². The Bertz CT molecular complexity index is 1270. The third-order valence-electron chi connectivity index (χ3n) is 7.20. The molecule has 0 saturated carbocycles. The van der Waals surface area contributed by atoms with E-state index in [2.05, 4.69) is 10.6 Å². The fourth-order valence-corrected chi connectivity index (χ4v) is 4.70. The van der Waals surface area contributed by atoms with Crippen LogP contribution in [0.25, 0.3) is 0 Å². The van der Waals surface area contributed by atoms with Crippen molar-refractivity contribution in [1.82, 2.24) is 10.6 Å². The Morgan fingerprint density at radius 3 is 2.24 bits per heavy atom. The number of hydrogen-bond acceptors (Lipinski definition) is 8. The predicted octanol–water partition coefficient (Wildman–Crippen LogP) is 0.00700. The summed E-state index contributed by atoms with van der Waals surface area (Å²) >= 11 is 0. The first-order valence-electron chi connectivity index (χ1n) is 13.6. The standard InChI is InChI=1S/C28H37BF3N5O5/c1-27(2)20-11-17(5-8-21(20)29(41)42-27)13-24(38)23(12-16-3-6-18(7-4-16)28(30,31)32)37-26(40)22(35)9-10-25(39)36-19(14-33)15-34/h3-8,11,19,22-23,41H,9-10,12-15,33-35H2,1-2H3,(H,36,39)(H,37,40)/t22-,23+/m0/s1. The summed E-state index contributed by atoms with van der Waals surface area (Å²) in [7, 11) is -1.09. The van der Waals surface area contributed by atoms with Crippen molar-refractivity contribution in [2.45, 2.75) is 69.4 Å². The third-order valence-corrected chi connectivity index (χ3v) is 7.20. The Morgan fingerprint density at radius 2 is 1.64 bits per heavy atom. The first-order valence-corrected chi connectivity index (χ1v) is 13.6. The zero-order valence-electron chi connectivity index (χ0n) is 23.5. The molecule has 0 bridgehead atoms. The molecule has 1 aliphatic heterocycles. The molecule has 0 spiro atoms. The highest BCUT2D eigenvalue weighted by Crippen LogP contribution is 2.31. The van der Waals surface area contributed by atoms with Gasteiger partial charge in [-0.15, -0.1) is 0 Å². The molecule has 10 nitrogen and oxygen atoms in total. The summed E-state index contributed by atoms with van der Waals surface area (Å²) in [6.45, 7) is 3.87. The number of hydrogen-bond donors (Lipinski definition) is 6. The van der Waals surface area contributed by atoms with E-state index in [1.807, 2.05) is 0 Å². The van der Waals surface area contributed by atoms with Crippen molar-refractivity contribution in [2.24, 2.45) is 17.2 Å². The van der Waals surface area contributed by atoms with E-state index in [0.29, 0.717) is 16.6 Å². The van der Waals surface area contributed by atoms with Crippen LogP contribution in [0.1, 0.15) is 48.9 Å². The molecule has 2 aromatic carbocycles. The molecule has 2 amide bonds. The van der Waals surface area contributed by atoms with E-state index in [4.69, 9.17) is 21.9 Å². The molecular formula is C28H37BF3N5O5. The average Bonchev–Trinajstić information content (AvgIpc) is 3.16. The summed E-state index contributed by atoms with van der Waals surface area (Å²) in [4.78, 5) is 38.6. The van der Waals surface area contributed by atoms with Crippen molar-refractivity contribution in [3.05, 3.63) is 64.7 Å². The van der Waals surface area contributed by atoms with Crippen molar-refractivity contribution in [1.29, 1.82) is 0 Å². The van der Waals surface area contributed by atoms with Crippen molar-refractivity contribution in [3.63, 3.8) is 0 Å². The largest absolute Gasteiger partial charge is 0.492 e. The molecule has 14 heteroatoms. The molecule has 42 heavy (non-hydrogen) atoms. The van der Waals surface area contributed by atoms with Crippen LogP contribution in [-0.2, 0) is 43.7 Å². The van der Waals surface area contributed by atoms with Crippen LogP contribution in [0.2, 0.25) is 0 Å². The van der Waals surface area contributed by atoms with Crippen LogP contribution < -0.4 is 33.3 Å². The zero-order valence-corrected chi connectivity index (χ0v) is 23.5. The number of rotatable bonds is 13. The summed E-state index contributed by atoms with van der Waals surface area (Å²) < 4.78 is 44.7. The number of Topliss-reactive ketones (excluding diaryl/α,β-unsaturated/α-hetero) is 1. The van der Waals surface area contributed by atoms with E-state index >= 15 is 0 Å². The Morgan fingerprint density at radius 1 is 1.02 bits per heavy atom. The fourth-order valence-electron chi connectivity index (χ4n) is 4.70. The topological polar surface area (TPSA) is 183 Å². The van der Waals surface area contributed by atoms with Crippen LogP contribution in [0.4, 0.5) is 13.2 Å². The first kappa shape index (κ1) is 33.2. The first-order chi connectivity index (χ1) is 19.6. The molecule has 3 rings (SSSR count). The predicted molar refractivity (Wildman–Crippen MR) is 151 cm³/mol. The maximum absolute atomic E-state index is 13.5. The highest BCUT2D eigenvalue weighted by atomic mass is 19.4. The van der Waals surface area contributed by atoms with E-state index in [1.54, 1.807) is 32.0 Å². The van der Waals surface area contributed by atoms with Gasteiger partial charge in [-0.2, -0.15) is 13.2 Å². The number of amides is 2. The van der Waals surface area contributed by atoms with Gasteiger partial charge >= 0.3 is 13.3 Å². The number of benzene rings is 2. The number of nitrogens with one attached hydrogen (secondary N) is 2. The van der Waals surface area contributed by atoms with E-state index in [0.717, 1.165) is 17.7 Å². The van der Waals surface area contributed by atoms with Gasteiger partial charge in [0.05, 0.1) is 29.3 Å². The van der Waals surface area contributed by atoms with E-state index < -0.39 is 54.3 Å². The van der Waals surface area contributed by atoms with Crippen molar-refractivity contribution in [3.8, 4) is 0 Å². The SMILES string of the molecule is CC1(C)OB(O)c2ccc(CC(=O)[C@@H](Cc3ccc(C(F)(F)F)cc3)NC(=O)[C@@H](N)CCC(=O)NC(CN)CN)cc21. The lowest BCUT2D eigenvalue weighted by Crippen LogP contribution is -2.50. The number of carbonyl (C=O) groups is 3. The van der Waals surface area contributed by atoms with Crippen LogP contribution >= 0.6 is 0 Å². The molecule has 1 heterocycles. The maximum Gasteiger partial charge on any atom is 0.492 e. The summed E-state index contributed by atoms with van der Waals surface area (Å²) in [5, 5.41) is 15.4. The number of ketones is 1. The van der Waals surface area contributed by atoms with Gasteiger partial charge in [0.25, 0.3) is 0 Å². The molecule has 0 fully saturated rings. The fraction of sp³-hybridized carbons (Fsp3) is 0.464. The summed E-state index contributed by atoms with van der Waals surface area (Å²) in [6.07, 6.45) is -4.82. The normalized spacial score (nSPS) is 15.7. The molecule has 0 radical (unpaired) electrons. The van der Waals surface area contributed by atoms with Gasteiger partial charge < -0.3 is 37.5 Å². The maximum atomic E-state index is 13.5. The number of fused-ring (bicyclic) bond motifs is 1. The van der Waals surface area contributed by atoms with Gasteiger partial charge in [0.2, 0.25) is 11.8 Å². The third kappa shape index (κ3) is 8.61. The average molecular weight is 591 g/mol. The second kappa shape index (κ2) is 13.8. The van der Waals surface area contributed by atoms with Crippen LogP contribution in [-0.4, -0.2) is 61.0 Å². The van der Waals surface area contributed by atoms with Crippen LogP contribution in [0, 0.1) is 0 Å². The van der Waals surface area contributed by atoms with Crippen LogP contribution in [0.5, 0.6) is 0 Å². The second-order valence-electron chi connectivity index (χ2n) is 10.9. The quantitative estimate of drug-likeness (QED) is 0.176. The highest BCUT2D eigenvalue weighted by molar-refractivity contribution is 6.61. The summed E-state index contributed by atoms with van der Waals surface area (Å²) in [5.74, 6) is -1.47. The molecule has 2 atom stereocenters. The number of halogens is 3. The Kier molecular flexibility index (Phi) is 10.9. The molecular weight excluding hydrogens is 554 g/mol. The lowest BCUT2D eigenvalue weighted by Gasteiger charge is -2.22. The highest BCUT2D eigenvalue weighted by Gasteiger charge is 2.40. The van der Waals surface area contributed by atoms with Gasteiger partial charge in [-0.25, -0.2) is 0 Å². The van der Waals surface area contributed by atoms with Gasteiger partial charge in [-0.3, -0.25) is 14.4 Å². The van der Waals surface area contributed by atoms with Gasteiger partial charge in [-0.1, -0.05) is 30.3 Å². The minimum atomic E-state index is -4.52. The van der Waals surface area contributed by atoms with Crippen molar-refractivity contribution in [2.75, 3.05) is 13.1 Å². The van der Waals surface area contributed by atoms with Crippen LogP contribution in [0.3, 0.4) is 0 Å². The zero-order chi connectivity index (χ0) is 31.2. The number of alkyl halides is 3. The van der Waals surface area contributed by atoms with Crippen molar-refractivity contribution < 1.29 is 37.2 Å². The molecule has 2 aromatic rings. The molecule has 9 N–H and O–H groups in total. The molecule has 228 valence electrons. The Labute approximate surface area is 242 Å². The van der Waals surface area contributed by atoms with Gasteiger partial charge in [0, 0.05) is 25.9 Å². The van der Waals surface area contributed by atoms with Gasteiger partial charge in [-0.05, 0) is 61.0 Å². The van der Waals surface area contributed by atoms with E-state index in [1.165, 1.54) is 12.1 Å². The smallest absolute Gasteiger partial charge is 0.423 e. The minimum absolute atomic E-state index is 0.0249. The molecule has 0 aromatic heterocycles. The second-order valence-corrected chi connectivity index (χ2v) is 10.9. The van der Waals surface area contributed by atoms with Crippen molar-refractivity contribution >= 4 is 30.2 Å². The Balaban J connectivity index is 1.75. The molecule has 0 unspecified atom stereocenters. The van der Waals surface area contributed by atoms with Gasteiger partial charge in [0.1, 0.15) is 0 Å². The Hall–Kier alpha value is -3.30. The van der Waals surface area contributed by atoms with E-state index in [9.17, 15) is 32.6 Å². The summed E-state index contributed by atoms with van der Waals surface area (Å²) in [5.41, 5.74) is 17.7. The minimum Gasteiger partial charge on any atom is -0.423 e. The molecule has 0 aliphatic carbocycles. The molecule has 0 saturated heterocycles. The number of carbonyl (C=O) groups excluding carboxylic acids is 3. The summed E-state index contributed by atoms with van der Waals surface area (Å²) in [6, 6.07) is 6.75. The lowest BCUT2D eigenvalue weighted by molar-refractivity contribution is -0.137. The number of nitrogens with two attached hydrogens (primary N) is 3.